The van der Waals surface area contributed by atoms with E-state index in [1.807, 2.05) is 61.7 Å². The molecule has 2 aromatic heterocycles. The average molecular weight is 418 g/mol. The first-order valence-electron chi connectivity index (χ1n) is 9.37. The molecular formula is C22H18N4O3S. The van der Waals surface area contributed by atoms with Crippen molar-refractivity contribution in [2.24, 2.45) is 0 Å². The van der Waals surface area contributed by atoms with E-state index in [2.05, 4.69) is 10.4 Å². The smallest absolute Gasteiger partial charge is 0.256 e. The Morgan fingerprint density at radius 2 is 1.97 bits per heavy atom. The Hall–Kier alpha value is -3.65. The number of aryl methyl sites for hydroxylation is 2. The van der Waals surface area contributed by atoms with Crippen LogP contribution in [0.15, 0.2) is 53.9 Å². The fraction of sp³-hybridized carbons (Fsp3) is 0.136. The number of nitrogens with one attached hydrogen (secondary N) is 1. The lowest BCUT2D eigenvalue weighted by molar-refractivity contribution is 0.102. The number of aromatic nitrogens is 3. The van der Waals surface area contributed by atoms with Gasteiger partial charge in [0.1, 0.15) is 5.82 Å². The Morgan fingerprint density at radius 1 is 1.10 bits per heavy atom. The van der Waals surface area contributed by atoms with Crippen LogP contribution in [0.5, 0.6) is 11.5 Å². The molecule has 0 saturated carbocycles. The van der Waals surface area contributed by atoms with Gasteiger partial charge in [-0.3, -0.25) is 4.79 Å². The number of carbonyl (C=O) groups is 1. The molecule has 4 aromatic rings. The first-order chi connectivity index (χ1) is 14.6. The van der Waals surface area contributed by atoms with E-state index in [9.17, 15) is 4.79 Å². The number of ether oxygens (including phenoxy) is 2. The third kappa shape index (κ3) is 3.42. The quantitative estimate of drug-likeness (QED) is 0.524. The van der Waals surface area contributed by atoms with Crippen molar-refractivity contribution in [1.82, 2.24) is 14.8 Å². The van der Waals surface area contributed by atoms with E-state index >= 15 is 0 Å². The van der Waals surface area contributed by atoms with E-state index < -0.39 is 0 Å². The van der Waals surface area contributed by atoms with Gasteiger partial charge >= 0.3 is 0 Å². The molecule has 0 radical (unpaired) electrons. The topological polar surface area (TPSA) is 78.3 Å². The standard InChI is InChI=1S/C22H18N4O3S/c1-13-4-3-5-16(8-13)21(27)24-20-9-14(2)25-26(20)22-23-17(11-30-22)15-6-7-18-19(10-15)29-12-28-18/h3-11H,12H2,1-2H3,(H,24,27). The van der Waals surface area contributed by atoms with Gasteiger partial charge in [-0.25, -0.2) is 4.98 Å². The minimum absolute atomic E-state index is 0.188. The molecule has 0 fully saturated rings. The van der Waals surface area contributed by atoms with E-state index in [4.69, 9.17) is 14.5 Å². The normalized spacial score (nSPS) is 12.2. The summed E-state index contributed by atoms with van der Waals surface area (Å²) >= 11 is 1.45. The van der Waals surface area contributed by atoms with Gasteiger partial charge in [-0.15, -0.1) is 11.3 Å². The molecule has 0 bridgehead atoms. The second-order valence-corrected chi connectivity index (χ2v) is 7.83. The van der Waals surface area contributed by atoms with Crippen LogP contribution in [-0.4, -0.2) is 27.5 Å². The van der Waals surface area contributed by atoms with Crippen LogP contribution >= 0.6 is 11.3 Å². The maximum Gasteiger partial charge on any atom is 0.256 e. The van der Waals surface area contributed by atoms with E-state index in [0.29, 0.717) is 22.3 Å². The maximum atomic E-state index is 12.7. The summed E-state index contributed by atoms with van der Waals surface area (Å²) < 4.78 is 12.5. The van der Waals surface area contributed by atoms with Crippen LogP contribution in [0.25, 0.3) is 16.4 Å². The predicted octanol–water partition coefficient (Wildman–Crippen LogP) is 4.59. The van der Waals surface area contributed by atoms with Gasteiger partial charge in [0.15, 0.2) is 11.5 Å². The summed E-state index contributed by atoms with van der Waals surface area (Å²) in [5, 5.41) is 10.1. The Kier molecular flexibility index (Phi) is 4.48. The molecule has 0 spiro atoms. The Balaban J connectivity index is 1.44. The van der Waals surface area contributed by atoms with Gasteiger partial charge in [0.25, 0.3) is 5.91 Å². The largest absolute Gasteiger partial charge is 0.454 e. The maximum absolute atomic E-state index is 12.7. The van der Waals surface area contributed by atoms with Gasteiger partial charge in [-0.05, 0) is 44.2 Å². The summed E-state index contributed by atoms with van der Waals surface area (Å²) in [6, 6.07) is 15.0. The SMILES string of the molecule is Cc1cccc(C(=O)Nc2cc(C)nn2-c2nc(-c3ccc4c(c3)OCO4)cs2)c1. The lowest BCUT2D eigenvalue weighted by atomic mass is 10.1. The van der Waals surface area contributed by atoms with Crippen LogP contribution in [-0.2, 0) is 0 Å². The van der Waals surface area contributed by atoms with Crippen molar-refractivity contribution in [3.05, 3.63) is 70.7 Å². The Morgan fingerprint density at radius 3 is 2.83 bits per heavy atom. The van der Waals surface area contributed by atoms with Gasteiger partial charge in [-0.1, -0.05) is 17.7 Å². The minimum atomic E-state index is -0.188. The third-order valence-electron chi connectivity index (χ3n) is 4.69. The van der Waals surface area contributed by atoms with Gasteiger partial charge in [0.2, 0.25) is 11.9 Å². The molecular weight excluding hydrogens is 400 g/mol. The molecule has 2 aromatic carbocycles. The molecule has 1 aliphatic heterocycles. The van der Waals surface area contributed by atoms with Crippen molar-refractivity contribution < 1.29 is 14.3 Å². The molecule has 1 N–H and O–H groups in total. The number of rotatable bonds is 4. The molecule has 30 heavy (non-hydrogen) atoms. The fourth-order valence-electron chi connectivity index (χ4n) is 3.26. The first-order valence-corrected chi connectivity index (χ1v) is 10.3. The van der Waals surface area contributed by atoms with Crippen LogP contribution in [0.4, 0.5) is 5.82 Å². The molecule has 3 heterocycles. The molecule has 0 saturated heterocycles. The highest BCUT2D eigenvalue weighted by atomic mass is 32.1. The second kappa shape index (κ2) is 7.31. The van der Waals surface area contributed by atoms with E-state index in [-0.39, 0.29) is 12.7 Å². The van der Waals surface area contributed by atoms with Crippen molar-refractivity contribution in [3.63, 3.8) is 0 Å². The van der Waals surface area contributed by atoms with Crippen molar-refractivity contribution in [3.8, 4) is 27.9 Å². The fourth-order valence-corrected chi connectivity index (χ4v) is 4.06. The molecule has 7 nitrogen and oxygen atoms in total. The number of hydrogen-bond donors (Lipinski definition) is 1. The van der Waals surface area contributed by atoms with E-state index in [0.717, 1.165) is 28.3 Å². The highest BCUT2D eigenvalue weighted by Gasteiger charge is 2.18. The van der Waals surface area contributed by atoms with Crippen LogP contribution < -0.4 is 14.8 Å². The number of thiazole rings is 1. The molecule has 1 aliphatic rings. The molecule has 0 atom stereocenters. The number of nitrogens with zero attached hydrogens (tertiary/aromatic N) is 3. The van der Waals surface area contributed by atoms with Gasteiger partial charge in [0.05, 0.1) is 11.4 Å². The monoisotopic (exact) mass is 418 g/mol. The van der Waals surface area contributed by atoms with Crippen LogP contribution in [0, 0.1) is 13.8 Å². The molecule has 8 heteroatoms. The van der Waals surface area contributed by atoms with Crippen molar-refractivity contribution in [2.45, 2.75) is 13.8 Å². The Labute approximate surface area is 176 Å². The summed E-state index contributed by atoms with van der Waals surface area (Å²) in [4.78, 5) is 17.4. The van der Waals surface area contributed by atoms with Crippen LogP contribution in [0.3, 0.4) is 0 Å². The molecule has 150 valence electrons. The highest BCUT2D eigenvalue weighted by Crippen LogP contribution is 2.36. The summed E-state index contributed by atoms with van der Waals surface area (Å²) in [6.07, 6.45) is 0. The van der Waals surface area contributed by atoms with Crippen LogP contribution in [0.2, 0.25) is 0 Å². The number of anilines is 1. The first kappa shape index (κ1) is 18.4. The van der Waals surface area contributed by atoms with Crippen LogP contribution in [0.1, 0.15) is 21.6 Å². The molecule has 1 amide bonds. The van der Waals surface area contributed by atoms with Crippen molar-refractivity contribution in [1.29, 1.82) is 0 Å². The van der Waals surface area contributed by atoms with Gasteiger partial charge in [-0.2, -0.15) is 9.78 Å². The second-order valence-electron chi connectivity index (χ2n) is 6.99. The lowest BCUT2D eigenvalue weighted by Gasteiger charge is -2.07. The van der Waals surface area contributed by atoms with Gasteiger partial charge < -0.3 is 14.8 Å². The number of amides is 1. The highest BCUT2D eigenvalue weighted by molar-refractivity contribution is 7.12. The lowest BCUT2D eigenvalue weighted by Crippen LogP contribution is -2.15. The molecule has 0 aliphatic carbocycles. The van der Waals surface area contributed by atoms with Crippen molar-refractivity contribution in [2.75, 3.05) is 12.1 Å². The number of carbonyl (C=O) groups excluding carboxylic acids is 1. The third-order valence-corrected chi connectivity index (χ3v) is 5.51. The summed E-state index contributed by atoms with van der Waals surface area (Å²) in [6.45, 7) is 4.07. The minimum Gasteiger partial charge on any atom is -0.454 e. The zero-order chi connectivity index (χ0) is 20.7. The molecule has 5 rings (SSSR count). The summed E-state index contributed by atoms with van der Waals surface area (Å²) in [5.74, 6) is 1.83. The Bertz CT molecular complexity index is 1260. The number of fused-ring (bicyclic) bond motifs is 1. The average Bonchev–Trinajstić information content (AvgIpc) is 3.46. The zero-order valence-electron chi connectivity index (χ0n) is 16.4. The van der Waals surface area contributed by atoms with E-state index in [1.165, 1.54) is 11.3 Å². The van der Waals surface area contributed by atoms with Gasteiger partial charge in [0, 0.05) is 22.6 Å². The molecule has 0 unspecified atom stereocenters. The van der Waals surface area contributed by atoms with Crippen molar-refractivity contribution >= 4 is 23.1 Å². The summed E-state index contributed by atoms with van der Waals surface area (Å²) in [5.41, 5.74) is 4.14. The predicted molar refractivity (Wildman–Crippen MR) is 115 cm³/mol. The van der Waals surface area contributed by atoms with E-state index in [1.54, 1.807) is 10.7 Å². The number of hydrogen-bond acceptors (Lipinski definition) is 6. The number of benzene rings is 2. The zero-order valence-corrected chi connectivity index (χ0v) is 17.2. The summed E-state index contributed by atoms with van der Waals surface area (Å²) in [7, 11) is 0.